The van der Waals surface area contributed by atoms with Gasteiger partial charge in [-0.1, -0.05) is 44.2 Å². The van der Waals surface area contributed by atoms with Crippen molar-refractivity contribution in [2.75, 3.05) is 0 Å². The summed E-state index contributed by atoms with van der Waals surface area (Å²) in [6.45, 7) is 6.71. The van der Waals surface area contributed by atoms with Crippen molar-refractivity contribution < 1.29 is 8.98 Å². The predicted molar refractivity (Wildman–Crippen MR) is 121 cm³/mol. The normalized spacial score (nSPS) is 11.9. The zero-order valence-corrected chi connectivity index (χ0v) is 17.5. The van der Waals surface area contributed by atoms with Gasteiger partial charge in [0.05, 0.1) is 5.56 Å². The Labute approximate surface area is 171 Å². The van der Waals surface area contributed by atoms with Crippen molar-refractivity contribution in [3.05, 3.63) is 78.0 Å². The maximum atomic E-state index is 6.48. The molecule has 0 amide bonds. The Balaban J connectivity index is 1.76. The molecule has 5 rings (SSSR count). The third-order valence-corrected chi connectivity index (χ3v) is 5.91. The van der Waals surface area contributed by atoms with Crippen molar-refractivity contribution in [2.45, 2.75) is 27.2 Å². The highest BCUT2D eigenvalue weighted by molar-refractivity contribution is 6.15. The lowest BCUT2D eigenvalue weighted by molar-refractivity contribution is -0.660. The van der Waals surface area contributed by atoms with Gasteiger partial charge in [0.15, 0.2) is 6.20 Å². The van der Waals surface area contributed by atoms with Crippen LogP contribution >= 0.6 is 0 Å². The van der Waals surface area contributed by atoms with Gasteiger partial charge in [-0.3, -0.25) is 0 Å². The van der Waals surface area contributed by atoms with E-state index in [1.807, 2.05) is 0 Å². The van der Waals surface area contributed by atoms with Gasteiger partial charge in [0.2, 0.25) is 5.69 Å². The fourth-order valence-electron chi connectivity index (χ4n) is 4.46. The Kier molecular flexibility index (Phi) is 4.16. The molecular weight excluding hydrogens is 354 g/mol. The summed E-state index contributed by atoms with van der Waals surface area (Å²) < 4.78 is 8.69. The average molecular weight is 381 g/mol. The molecule has 5 aromatic rings. The number of hydrogen-bond donors (Lipinski definition) is 0. The first-order valence-electron chi connectivity index (χ1n) is 10.4. The summed E-state index contributed by atoms with van der Waals surface area (Å²) in [5.74, 6) is 0.641. The van der Waals surface area contributed by atoms with Crippen LogP contribution in [-0.4, -0.2) is 0 Å². The Hall–Kier alpha value is -3.13. The SMILES string of the molecule is Cc1c(-c2cc(CC(C)C)cc[n+]2C)ccc2c1oc1c3ccccc3ccc21. The molecule has 0 radical (unpaired) electrons. The molecule has 0 bridgehead atoms. The zero-order chi connectivity index (χ0) is 20.1. The summed E-state index contributed by atoms with van der Waals surface area (Å²) in [6, 6.07) is 21.8. The number of aryl methyl sites for hydroxylation is 2. The summed E-state index contributed by atoms with van der Waals surface area (Å²) in [6.07, 6.45) is 3.26. The third kappa shape index (κ3) is 2.91. The summed E-state index contributed by atoms with van der Waals surface area (Å²) >= 11 is 0. The molecule has 0 saturated carbocycles. The predicted octanol–water partition coefficient (Wildman–Crippen LogP) is 6.74. The molecule has 29 heavy (non-hydrogen) atoms. The number of nitrogens with zero attached hydrogens (tertiary/aromatic N) is 1. The second-order valence-corrected chi connectivity index (χ2v) is 8.51. The van der Waals surface area contributed by atoms with E-state index in [2.05, 4.69) is 99.2 Å². The first-order chi connectivity index (χ1) is 14.0. The second kappa shape index (κ2) is 6.73. The number of aromatic nitrogens is 1. The van der Waals surface area contributed by atoms with Crippen LogP contribution in [-0.2, 0) is 13.5 Å². The van der Waals surface area contributed by atoms with E-state index >= 15 is 0 Å². The lowest BCUT2D eigenvalue weighted by Crippen LogP contribution is -2.30. The van der Waals surface area contributed by atoms with E-state index in [0.29, 0.717) is 5.92 Å². The van der Waals surface area contributed by atoms with Crippen molar-refractivity contribution in [1.29, 1.82) is 0 Å². The number of rotatable bonds is 3. The van der Waals surface area contributed by atoms with Crippen LogP contribution in [0.15, 0.2) is 71.3 Å². The van der Waals surface area contributed by atoms with Gasteiger partial charge >= 0.3 is 0 Å². The Bertz CT molecular complexity index is 1370. The first-order valence-corrected chi connectivity index (χ1v) is 10.4. The number of furan rings is 1. The van der Waals surface area contributed by atoms with E-state index < -0.39 is 0 Å². The quantitative estimate of drug-likeness (QED) is 0.317. The Morgan fingerprint density at radius 2 is 1.62 bits per heavy atom. The maximum absolute atomic E-state index is 6.48. The summed E-state index contributed by atoms with van der Waals surface area (Å²) in [4.78, 5) is 0. The van der Waals surface area contributed by atoms with Gasteiger partial charge < -0.3 is 4.42 Å². The number of hydrogen-bond acceptors (Lipinski definition) is 1. The number of fused-ring (bicyclic) bond motifs is 5. The number of pyridine rings is 1. The molecule has 2 heteroatoms. The molecule has 0 unspecified atom stereocenters. The first kappa shape index (κ1) is 17.9. The molecular formula is C27H26NO+. The van der Waals surface area contributed by atoms with Crippen LogP contribution in [0.2, 0.25) is 0 Å². The molecule has 0 saturated heterocycles. The molecule has 0 N–H and O–H groups in total. The van der Waals surface area contributed by atoms with Gasteiger partial charge in [-0.05, 0) is 48.4 Å². The van der Waals surface area contributed by atoms with E-state index in [-0.39, 0.29) is 0 Å². The average Bonchev–Trinajstić information content (AvgIpc) is 3.10. The van der Waals surface area contributed by atoms with Crippen LogP contribution in [0.1, 0.15) is 25.0 Å². The van der Waals surface area contributed by atoms with Crippen LogP contribution in [0.4, 0.5) is 0 Å². The standard InChI is InChI=1S/C27H26NO/c1-17(2)15-19-13-14-28(4)25(16-19)21-11-12-23-24-10-9-20-7-5-6-8-22(20)27(24)29-26(23)18(21)3/h5-14,16-17H,15H2,1-4H3/q+1. The number of benzene rings is 3. The van der Waals surface area contributed by atoms with E-state index in [1.165, 1.54) is 43.9 Å². The Morgan fingerprint density at radius 1 is 0.862 bits per heavy atom. The minimum absolute atomic E-state index is 0.641. The van der Waals surface area contributed by atoms with Crippen molar-refractivity contribution in [1.82, 2.24) is 0 Å². The topological polar surface area (TPSA) is 17.0 Å². The highest BCUT2D eigenvalue weighted by Crippen LogP contribution is 2.38. The minimum atomic E-state index is 0.641. The van der Waals surface area contributed by atoms with Crippen LogP contribution < -0.4 is 4.57 Å². The van der Waals surface area contributed by atoms with E-state index in [0.717, 1.165) is 17.6 Å². The molecule has 0 atom stereocenters. The van der Waals surface area contributed by atoms with Crippen LogP contribution in [0.5, 0.6) is 0 Å². The van der Waals surface area contributed by atoms with Gasteiger partial charge in [0.1, 0.15) is 18.2 Å². The van der Waals surface area contributed by atoms with Gasteiger partial charge in [-0.2, -0.15) is 0 Å². The molecule has 144 valence electrons. The molecule has 2 aromatic heterocycles. The van der Waals surface area contributed by atoms with Crippen molar-refractivity contribution >= 4 is 32.7 Å². The van der Waals surface area contributed by atoms with E-state index in [9.17, 15) is 0 Å². The molecule has 0 aliphatic rings. The summed E-state index contributed by atoms with van der Waals surface area (Å²) in [7, 11) is 2.12. The molecule has 2 heterocycles. The zero-order valence-electron chi connectivity index (χ0n) is 17.5. The highest BCUT2D eigenvalue weighted by atomic mass is 16.3. The minimum Gasteiger partial charge on any atom is -0.455 e. The second-order valence-electron chi connectivity index (χ2n) is 8.51. The van der Waals surface area contributed by atoms with E-state index in [1.54, 1.807) is 0 Å². The molecule has 0 aliphatic heterocycles. The molecule has 0 aliphatic carbocycles. The summed E-state index contributed by atoms with van der Waals surface area (Å²) in [5.41, 5.74) is 7.00. The maximum Gasteiger partial charge on any atom is 0.212 e. The summed E-state index contributed by atoms with van der Waals surface area (Å²) in [5, 5.41) is 4.76. The molecule has 0 spiro atoms. The lowest BCUT2D eigenvalue weighted by Gasteiger charge is -2.08. The largest absolute Gasteiger partial charge is 0.455 e. The van der Waals surface area contributed by atoms with Gasteiger partial charge in [-0.25, -0.2) is 4.57 Å². The smallest absolute Gasteiger partial charge is 0.212 e. The fourth-order valence-corrected chi connectivity index (χ4v) is 4.46. The van der Waals surface area contributed by atoms with Crippen LogP contribution in [0.25, 0.3) is 44.0 Å². The van der Waals surface area contributed by atoms with Gasteiger partial charge in [-0.15, -0.1) is 0 Å². The van der Waals surface area contributed by atoms with Crippen molar-refractivity contribution in [3.63, 3.8) is 0 Å². The van der Waals surface area contributed by atoms with Crippen LogP contribution in [0, 0.1) is 12.8 Å². The van der Waals surface area contributed by atoms with E-state index in [4.69, 9.17) is 4.42 Å². The molecule has 3 aromatic carbocycles. The van der Waals surface area contributed by atoms with Gasteiger partial charge in [0.25, 0.3) is 0 Å². The third-order valence-electron chi connectivity index (χ3n) is 5.91. The van der Waals surface area contributed by atoms with Gasteiger partial charge in [0, 0.05) is 33.9 Å². The van der Waals surface area contributed by atoms with Crippen molar-refractivity contribution in [2.24, 2.45) is 13.0 Å². The monoisotopic (exact) mass is 380 g/mol. The fraction of sp³-hybridized carbons (Fsp3) is 0.222. The molecule has 2 nitrogen and oxygen atoms in total. The Morgan fingerprint density at radius 3 is 2.45 bits per heavy atom. The highest BCUT2D eigenvalue weighted by Gasteiger charge is 2.19. The van der Waals surface area contributed by atoms with Crippen molar-refractivity contribution in [3.8, 4) is 11.3 Å². The van der Waals surface area contributed by atoms with Crippen LogP contribution in [0.3, 0.4) is 0 Å². The molecule has 0 fully saturated rings. The lowest BCUT2D eigenvalue weighted by atomic mass is 9.97.